The van der Waals surface area contributed by atoms with Gasteiger partial charge in [-0.25, -0.2) is 4.79 Å². The van der Waals surface area contributed by atoms with Crippen molar-refractivity contribution in [2.45, 2.75) is 17.7 Å². The lowest BCUT2D eigenvalue weighted by molar-refractivity contribution is 0.371. The third-order valence-electron chi connectivity index (χ3n) is 3.71. The van der Waals surface area contributed by atoms with Crippen LogP contribution in [-0.2, 0) is 0 Å². The fourth-order valence-corrected chi connectivity index (χ4v) is 3.06. The number of ether oxygens (including phenoxy) is 1. The Morgan fingerprint density at radius 2 is 2.00 bits per heavy atom. The Hall–Kier alpha value is -2.65. The standard InChI is InChI=1S/C17H14N2O3S/c1-9-7-13-15(17(20)21-9)14(12(8-18)16(19)22-13)10-3-5-11(23-2)6-4-10/h3-7,14H,19H2,1-2H3/t14-/m1/s1. The highest BCUT2D eigenvalue weighted by Gasteiger charge is 2.34. The van der Waals surface area contributed by atoms with Gasteiger partial charge in [-0.05, 0) is 30.9 Å². The molecule has 0 radical (unpaired) electrons. The van der Waals surface area contributed by atoms with Gasteiger partial charge in [-0.2, -0.15) is 5.26 Å². The zero-order valence-electron chi connectivity index (χ0n) is 12.6. The fraction of sp³-hybridized carbons (Fsp3) is 0.176. The third-order valence-corrected chi connectivity index (χ3v) is 4.45. The number of rotatable bonds is 2. The van der Waals surface area contributed by atoms with Gasteiger partial charge in [0.05, 0.1) is 11.5 Å². The van der Waals surface area contributed by atoms with Crippen molar-refractivity contribution >= 4 is 11.8 Å². The molecule has 3 rings (SSSR count). The molecule has 0 saturated carbocycles. The number of nitriles is 1. The third kappa shape index (κ3) is 2.60. The van der Waals surface area contributed by atoms with Crippen molar-refractivity contribution in [3.63, 3.8) is 0 Å². The summed E-state index contributed by atoms with van der Waals surface area (Å²) < 4.78 is 10.7. The molecule has 0 aliphatic carbocycles. The molecule has 1 aromatic heterocycles. The van der Waals surface area contributed by atoms with Crippen molar-refractivity contribution in [3.8, 4) is 11.8 Å². The number of fused-ring (bicyclic) bond motifs is 1. The second-order valence-electron chi connectivity index (χ2n) is 5.12. The number of benzene rings is 1. The first-order valence-electron chi connectivity index (χ1n) is 6.91. The molecule has 1 atom stereocenters. The number of allylic oxidation sites excluding steroid dienone is 1. The van der Waals surface area contributed by atoms with E-state index in [9.17, 15) is 10.1 Å². The minimum absolute atomic E-state index is 0.0175. The van der Waals surface area contributed by atoms with E-state index in [-0.39, 0.29) is 11.5 Å². The molecule has 0 saturated heterocycles. The number of nitrogens with zero attached hydrogens (tertiary/aromatic N) is 1. The Balaban J connectivity index is 2.24. The molecule has 0 bridgehead atoms. The van der Waals surface area contributed by atoms with Crippen LogP contribution < -0.4 is 16.1 Å². The summed E-state index contributed by atoms with van der Waals surface area (Å²) in [6, 6.07) is 11.3. The molecule has 0 fully saturated rings. The van der Waals surface area contributed by atoms with E-state index in [0.29, 0.717) is 17.1 Å². The molecule has 6 heteroatoms. The quantitative estimate of drug-likeness (QED) is 0.854. The molecule has 5 nitrogen and oxygen atoms in total. The summed E-state index contributed by atoms with van der Waals surface area (Å²) in [7, 11) is 0. The van der Waals surface area contributed by atoms with Crippen LogP contribution in [0.3, 0.4) is 0 Å². The maximum atomic E-state index is 12.3. The SMILES string of the molecule is CSc1ccc([C@@H]2C(C#N)=C(N)Oc3cc(C)oc(=O)c32)cc1. The lowest BCUT2D eigenvalue weighted by atomic mass is 9.84. The summed E-state index contributed by atoms with van der Waals surface area (Å²) in [5.41, 5.74) is 6.68. The van der Waals surface area contributed by atoms with E-state index in [1.807, 2.05) is 30.5 Å². The van der Waals surface area contributed by atoms with E-state index in [4.69, 9.17) is 14.9 Å². The predicted octanol–water partition coefficient (Wildman–Crippen LogP) is 2.89. The molecule has 2 N–H and O–H groups in total. The van der Waals surface area contributed by atoms with Crippen molar-refractivity contribution in [1.29, 1.82) is 5.26 Å². The lowest BCUT2D eigenvalue weighted by Gasteiger charge is -2.25. The Kier molecular flexibility index (Phi) is 3.89. The summed E-state index contributed by atoms with van der Waals surface area (Å²) in [5.74, 6) is 0.202. The molecule has 0 spiro atoms. The zero-order valence-corrected chi connectivity index (χ0v) is 13.4. The second kappa shape index (κ2) is 5.86. The molecular formula is C17H14N2O3S. The highest BCUT2D eigenvalue weighted by molar-refractivity contribution is 7.98. The molecule has 0 unspecified atom stereocenters. The smallest absolute Gasteiger partial charge is 0.343 e. The van der Waals surface area contributed by atoms with Crippen LogP contribution in [0, 0.1) is 18.3 Å². The molecular weight excluding hydrogens is 312 g/mol. The largest absolute Gasteiger partial charge is 0.440 e. The molecule has 1 aliphatic rings. The van der Waals surface area contributed by atoms with Gasteiger partial charge in [-0.3, -0.25) is 0 Å². The minimum Gasteiger partial charge on any atom is -0.440 e. The lowest BCUT2D eigenvalue weighted by Crippen LogP contribution is -2.26. The minimum atomic E-state index is -0.587. The molecule has 23 heavy (non-hydrogen) atoms. The maximum Gasteiger partial charge on any atom is 0.343 e. The van der Waals surface area contributed by atoms with Gasteiger partial charge in [0.2, 0.25) is 5.88 Å². The van der Waals surface area contributed by atoms with Crippen LogP contribution in [0.15, 0.2) is 55.9 Å². The average molecular weight is 326 g/mol. The van der Waals surface area contributed by atoms with Crippen LogP contribution in [0.1, 0.15) is 22.8 Å². The van der Waals surface area contributed by atoms with Gasteiger partial charge in [0.15, 0.2) is 0 Å². The van der Waals surface area contributed by atoms with Crippen LogP contribution in [0.2, 0.25) is 0 Å². The predicted molar refractivity (Wildman–Crippen MR) is 87.2 cm³/mol. The van der Waals surface area contributed by atoms with Crippen LogP contribution >= 0.6 is 11.8 Å². The topological polar surface area (TPSA) is 89.2 Å². The van der Waals surface area contributed by atoms with Crippen LogP contribution in [-0.4, -0.2) is 6.26 Å². The Labute approximate surface area is 137 Å². The van der Waals surface area contributed by atoms with E-state index in [1.165, 1.54) is 0 Å². The number of aryl methyl sites for hydroxylation is 1. The van der Waals surface area contributed by atoms with Gasteiger partial charge in [0.1, 0.15) is 23.2 Å². The number of hydrogen-bond donors (Lipinski definition) is 1. The summed E-state index contributed by atoms with van der Waals surface area (Å²) in [6.07, 6.45) is 1.98. The van der Waals surface area contributed by atoms with E-state index in [2.05, 4.69) is 6.07 Å². The zero-order chi connectivity index (χ0) is 16.6. The average Bonchev–Trinajstić information content (AvgIpc) is 2.53. The highest BCUT2D eigenvalue weighted by Crippen LogP contribution is 2.40. The van der Waals surface area contributed by atoms with Crippen molar-refractivity contribution in [1.82, 2.24) is 0 Å². The second-order valence-corrected chi connectivity index (χ2v) is 6.00. The monoisotopic (exact) mass is 326 g/mol. The van der Waals surface area contributed by atoms with E-state index in [1.54, 1.807) is 24.8 Å². The first-order chi connectivity index (χ1) is 11.0. The van der Waals surface area contributed by atoms with Gasteiger partial charge in [-0.15, -0.1) is 11.8 Å². The highest BCUT2D eigenvalue weighted by atomic mass is 32.2. The van der Waals surface area contributed by atoms with Crippen LogP contribution in [0.5, 0.6) is 5.75 Å². The van der Waals surface area contributed by atoms with Gasteiger partial charge >= 0.3 is 5.63 Å². The van der Waals surface area contributed by atoms with Crippen LogP contribution in [0.25, 0.3) is 0 Å². The fourth-order valence-electron chi connectivity index (χ4n) is 2.65. The van der Waals surface area contributed by atoms with Gasteiger partial charge in [0.25, 0.3) is 0 Å². The summed E-state index contributed by atoms with van der Waals surface area (Å²) in [5, 5.41) is 9.46. The number of hydrogen-bond acceptors (Lipinski definition) is 6. The van der Waals surface area contributed by atoms with Crippen molar-refractivity contribution in [2.75, 3.05) is 6.26 Å². The van der Waals surface area contributed by atoms with Crippen molar-refractivity contribution in [3.05, 3.63) is 69.1 Å². The molecule has 2 heterocycles. The van der Waals surface area contributed by atoms with Gasteiger partial charge < -0.3 is 14.9 Å². The maximum absolute atomic E-state index is 12.3. The Bertz CT molecular complexity index is 892. The van der Waals surface area contributed by atoms with Gasteiger partial charge in [-0.1, -0.05) is 12.1 Å². The van der Waals surface area contributed by atoms with Gasteiger partial charge in [0, 0.05) is 11.0 Å². The first-order valence-corrected chi connectivity index (χ1v) is 8.13. The summed E-state index contributed by atoms with van der Waals surface area (Å²) in [4.78, 5) is 13.4. The normalized spacial score (nSPS) is 16.5. The Morgan fingerprint density at radius 3 is 2.61 bits per heavy atom. The van der Waals surface area contributed by atoms with E-state index >= 15 is 0 Å². The molecule has 1 aliphatic heterocycles. The molecule has 0 amide bonds. The van der Waals surface area contributed by atoms with E-state index < -0.39 is 11.5 Å². The molecule has 2 aromatic rings. The summed E-state index contributed by atoms with van der Waals surface area (Å²) in [6.45, 7) is 1.66. The first kappa shape index (κ1) is 15.3. The van der Waals surface area contributed by atoms with Crippen molar-refractivity contribution < 1.29 is 9.15 Å². The van der Waals surface area contributed by atoms with E-state index in [0.717, 1.165) is 10.5 Å². The Morgan fingerprint density at radius 1 is 1.30 bits per heavy atom. The number of nitrogens with two attached hydrogens (primary N) is 1. The molecule has 116 valence electrons. The van der Waals surface area contributed by atoms with Crippen molar-refractivity contribution in [2.24, 2.45) is 5.73 Å². The number of thioether (sulfide) groups is 1. The molecule has 1 aromatic carbocycles. The summed E-state index contributed by atoms with van der Waals surface area (Å²) >= 11 is 1.62. The van der Waals surface area contributed by atoms with Crippen LogP contribution in [0.4, 0.5) is 0 Å².